The maximum atomic E-state index is 13.4. The summed E-state index contributed by atoms with van der Waals surface area (Å²) in [5.74, 6) is -0.197. The first-order valence-corrected chi connectivity index (χ1v) is 12.9. The molecular formula is C25H19Cl2F3N4O2S. The zero-order valence-corrected chi connectivity index (χ0v) is 21.5. The number of aromatic nitrogens is 2. The molecule has 0 aliphatic heterocycles. The lowest BCUT2D eigenvalue weighted by Gasteiger charge is -2.21. The van der Waals surface area contributed by atoms with E-state index in [4.69, 9.17) is 23.2 Å². The number of rotatable bonds is 7. The fourth-order valence-electron chi connectivity index (χ4n) is 3.66. The number of nitrogens with one attached hydrogen (secondary N) is 1. The Balaban J connectivity index is 1.59. The molecule has 0 radical (unpaired) electrons. The van der Waals surface area contributed by atoms with Gasteiger partial charge in [0.15, 0.2) is 5.82 Å². The first kappa shape index (κ1) is 26.7. The van der Waals surface area contributed by atoms with Crippen molar-refractivity contribution in [2.75, 3.05) is 16.7 Å². The number of benzene rings is 3. The second-order valence-corrected chi connectivity index (χ2v) is 10.5. The number of halogens is 5. The summed E-state index contributed by atoms with van der Waals surface area (Å²) >= 11 is 12.3. The number of alkyl halides is 3. The van der Waals surface area contributed by atoms with E-state index in [0.29, 0.717) is 28.2 Å². The second kappa shape index (κ2) is 10.6. The molecule has 0 bridgehead atoms. The summed E-state index contributed by atoms with van der Waals surface area (Å²) in [7, 11) is -2.75. The first-order valence-electron chi connectivity index (χ1n) is 10.7. The molecule has 0 unspecified atom stereocenters. The Bertz CT molecular complexity index is 1530. The zero-order valence-electron chi connectivity index (χ0n) is 19.2. The SMILES string of the molecule is CN(Cc1ccc(-c2nccnc2NS(=O)(=O)c2ccccc2C(F)(F)F)cc1)c1ccc(Cl)cc1Cl. The Morgan fingerprint density at radius 3 is 2.30 bits per heavy atom. The molecule has 0 saturated heterocycles. The van der Waals surface area contributed by atoms with Gasteiger partial charge in [0.05, 0.1) is 21.2 Å². The van der Waals surface area contributed by atoms with E-state index in [-0.39, 0.29) is 11.5 Å². The predicted octanol–water partition coefficient (Wildman–Crippen LogP) is 6.91. The van der Waals surface area contributed by atoms with Gasteiger partial charge in [0.1, 0.15) is 5.69 Å². The van der Waals surface area contributed by atoms with Crippen molar-refractivity contribution in [1.82, 2.24) is 9.97 Å². The van der Waals surface area contributed by atoms with Crippen LogP contribution in [0, 0.1) is 0 Å². The number of hydrogen-bond donors (Lipinski definition) is 1. The van der Waals surface area contributed by atoms with Crippen molar-refractivity contribution in [3.05, 3.63) is 100 Å². The van der Waals surface area contributed by atoms with Crippen LogP contribution in [0.5, 0.6) is 0 Å². The maximum absolute atomic E-state index is 13.4. The van der Waals surface area contributed by atoms with Crippen molar-refractivity contribution in [2.24, 2.45) is 0 Å². The minimum Gasteiger partial charge on any atom is -0.369 e. The fourth-order valence-corrected chi connectivity index (χ4v) is 5.46. The van der Waals surface area contributed by atoms with Gasteiger partial charge >= 0.3 is 6.18 Å². The normalized spacial score (nSPS) is 11.8. The lowest BCUT2D eigenvalue weighted by atomic mass is 10.1. The topological polar surface area (TPSA) is 75.2 Å². The molecule has 1 heterocycles. The Hall–Kier alpha value is -3.34. The molecule has 4 aromatic rings. The number of anilines is 2. The smallest absolute Gasteiger partial charge is 0.369 e. The molecule has 37 heavy (non-hydrogen) atoms. The highest BCUT2D eigenvalue weighted by Gasteiger charge is 2.37. The third kappa shape index (κ3) is 6.15. The Morgan fingerprint density at radius 2 is 1.62 bits per heavy atom. The molecule has 0 aliphatic rings. The summed E-state index contributed by atoms with van der Waals surface area (Å²) in [4.78, 5) is 9.25. The standard InChI is InChI=1S/C25H19Cl2F3N4O2S/c1-34(21-11-10-18(26)14-20(21)27)15-16-6-8-17(9-7-16)23-24(32-13-12-31-23)33-37(35,36)22-5-3-2-4-19(22)25(28,29)30/h2-14H,15H2,1H3,(H,32,33). The van der Waals surface area contributed by atoms with Crippen molar-refractivity contribution in [2.45, 2.75) is 17.6 Å². The minimum absolute atomic E-state index is 0.163. The molecule has 192 valence electrons. The van der Waals surface area contributed by atoms with E-state index in [1.54, 1.807) is 24.3 Å². The number of hydrogen-bond acceptors (Lipinski definition) is 5. The van der Waals surface area contributed by atoms with Gasteiger partial charge in [-0.05, 0) is 35.9 Å². The summed E-state index contributed by atoms with van der Waals surface area (Å²) in [6, 6.07) is 16.2. The van der Waals surface area contributed by atoms with Crippen LogP contribution in [0.15, 0.2) is 84.0 Å². The van der Waals surface area contributed by atoms with Gasteiger partial charge in [-0.3, -0.25) is 9.71 Å². The first-order chi connectivity index (χ1) is 17.5. The van der Waals surface area contributed by atoms with E-state index in [2.05, 4.69) is 14.7 Å². The molecule has 1 N–H and O–H groups in total. The molecule has 0 aliphatic carbocycles. The third-order valence-corrected chi connectivity index (χ3v) is 7.31. The number of sulfonamides is 1. The van der Waals surface area contributed by atoms with Crippen molar-refractivity contribution >= 4 is 44.7 Å². The lowest BCUT2D eigenvalue weighted by molar-refractivity contribution is -0.139. The van der Waals surface area contributed by atoms with E-state index in [1.807, 2.05) is 30.1 Å². The molecule has 3 aromatic carbocycles. The van der Waals surface area contributed by atoms with E-state index in [1.165, 1.54) is 18.5 Å². The molecule has 0 saturated carbocycles. The monoisotopic (exact) mass is 566 g/mol. The van der Waals surface area contributed by atoms with Gasteiger partial charge < -0.3 is 4.90 Å². The van der Waals surface area contributed by atoms with Gasteiger partial charge in [0.25, 0.3) is 10.0 Å². The highest BCUT2D eigenvalue weighted by molar-refractivity contribution is 7.92. The molecule has 0 amide bonds. The molecule has 0 spiro atoms. The van der Waals surface area contributed by atoms with Gasteiger partial charge in [-0.15, -0.1) is 0 Å². The Labute approximate surface area is 221 Å². The maximum Gasteiger partial charge on any atom is 0.417 e. The summed E-state index contributed by atoms with van der Waals surface area (Å²) in [5, 5.41) is 1.04. The van der Waals surface area contributed by atoms with Crippen LogP contribution in [0.2, 0.25) is 10.0 Å². The fraction of sp³-hybridized carbons (Fsp3) is 0.120. The Morgan fingerprint density at radius 1 is 0.946 bits per heavy atom. The summed E-state index contributed by atoms with van der Waals surface area (Å²) in [6.07, 6.45) is -2.24. The van der Waals surface area contributed by atoms with E-state index in [9.17, 15) is 21.6 Å². The van der Waals surface area contributed by atoms with Gasteiger partial charge in [-0.1, -0.05) is 59.6 Å². The molecule has 4 rings (SSSR count). The largest absolute Gasteiger partial charge is 0.417 e. The minimum atomic E-state index is -4.85. The van der Waals surface area contributed by atoms with E-state index < -0.39 is 26.7 Å². The van der Waals surface area contributed by atoms with Crippen LogP contribution < -0.4 is 9.62 Å². The number of nitrogens with zero attached hydrogens (tertiary/aromatic N) is 3. The van der Waals surface area contributed by atoms with Gasteiger partial charge in [-0.25, -0.2) is 13.4 Å². The summed E-state index contributed by atoms with van der Waals surface area (Å²) in [5.41, 5.74) is 1.12. The average Bonchev–Trinajstić information content (AvgIpc) is 2.84. The molecule has 6 nitrogen and oxygen atoms in total. The van der Waals surface area contributed by atoms with Crippen molar-refractivity contribution in [1.29, 1.82) is 0 Å². The van der Waals surface area contributed by atoms with Crippen LogP contribution >= 0.6 is 23.2 Å². The highest BCUT2D eigenvalue weighted by atomic mass is 35.5. The van der Waals surface area contributed by atoms with Crippen LogP contribution in [0.25, 0.3) is 11.3 Å². The van der Waals surface area contributed by atoms with Crippen LogP contribution in [0.1, 0.15) is 11.1 Å². The van der Waals surface area contributed by atoms with Crippen molar-refractivity contribution in [3.8, 4) is 11.3 Å². The van der Waals surface area contributed by atoms with Gasteiger partial charge in [-0.2, -0.15) is 13.2 Å². The molecular weight excluding hydrogens is 548 g/mol. The Kier molecular flexibility index (Phi) is 7.63. The van der Waals surface area contributed by atoms with Crippen molar-refractivity contribution in [3.63, 3.8) is 0 Å². The third-order valence-electron chi connectivity index (χ3n) is 5.38. The second-order valence-electron chi connectivity index (χ2n) is 8.00. The summed E-state index contributed by atoms with van der Waals surface area (Å²) < 4.78 is 68.2. The van der Waals surface area contributed by atoms with Crippen molar-refractivity contribution < 1.29 is 21.6 Å². The summed E-state index contributed by atoms with van der Waals surface area (Å²) in [6.45, 7) is 0.510. The van der Waals surface area contributed by atoms with Crippen LogP contribution in [-0.2, 0) is 22.7 Å². The predicted molar refractivity (Wildman–Crippen MR) is 138 cm³/mol. The molecule has 0 atom stereocenters. The molecule has 12 heteroatoms. The van der Waals surface area contributed by atoms with E-state index >= 15 is 0 Å². The zero-order chi connectivity index (χ0) is 26.8. The molecule has 1 aromatic heterocycles. The molecule has 0 fully saturated rings. The van der Waals surface area contributed by atoms with Crippen LogP contribution in [0.3, 0.4) is 0 Å². The lowest BCUT2D eigenvalue weighted by Crippen LogP contribution is -2.20. The van der Waals surface area contributed by atoms with Crippen LogP contribution in [0.4, 0.5) is 24.7 Å². The average molecular weight is 567 g/mol. The van der Waals surface area contributed by atoms with Gasteiger partial charge in [0.2, 0.25) is 0 Å². The van der Waals surface area contributed by atoms with E-state index in [0.717, 1.165) is 23.4 Å². The van der Waals surface area contributed by atoms with Crippen LogP contribution in [-0.4, -0.2) is 25.4 Å². The van der Waals surface area contributed by atoms with Gasteiger partial charge in [0, 0.05) is 36.6 Å². The highest BCUT2D eigenvalue weighted by Crippen LogP contribution is 2.35. The quantitative estimate of drug-likeness (QED) is 0.263.